The zero-order chi connectivity index (χ0) is 24.2. The summed E-state index contributed by atoms with van der Waals surface area (Å²) in [4.78, 5) is 24.5. The van der Waals surface area contributed by atoms with Crippen molar-refractivity contribution in [3.05, 3.63) is 23.8 Å². The number of hydrogen-bond acceptors (Lipinski definition) is 4. The van der Waals surface area contributed by atoms with Crippen molar-refractivity contribution in [3.8, 4) is 0 Å². The molecule has 0 spiro atoms. The molecule has 3 fully saturated rings. The van der Waals surface area contributed by atoms with Crippen molar-refractivity contribution in [2.24, 2.45) is 34.5 Å². The van der Waals surface area contributed by atoms with Gasteiger partial charge in [0.1, 0.15) is 6.61 Å². The van der Waals surface area contributed by atoms with Gasteiger partial charge in [0.25, 0.3) is 0 Å². The molecule has 33 heavy (non-hydrogen) atoms. The Labute approximate surface area is 208 Å². The minimum absolute atomic E-state index is 0.0545. The second-order valence-corrected chi connectivity index (χ2v) is 12.5. The van der Waals surface area contributed by atoms with Crippen molar-refractivity contribution in [1.82, 2.24) is 0 Å². The Bertz CT molecular complexity index is 868. The van der Waals surface area contributed by atoms with E-state index in [-0.39, 0.29) is 52.6 Å². The summed E-state index contributed by atoms with van der Waals surface area (Å²) in [6.07, 6.45) is 9.36. The van der Waals surface area contributed by atoms with Gasteiger partial charge >= 0.3 is 0 Å². The van der Waals surface area contributed by atoms with Gasteiger partial charge in [0.2, 0.25) is 0 Å². The van der Waals surface area contributed by atoms with Gasteiger partial charge in [0, 0.05) is 17.9 Å². The first kappa shape index (κ1) is 25.4. The Hall–Kier alpha value is -0.680. The molecule has 4 aliphatic carbocycles. The number of hydrogen-bond donors (Lipinski definition) is 1. The van der Waals surface area contributed by atoms with Crippen molar-refractivity contribution in [3.63, 3.8) is 0 Å². The van der Waals surface area contributed by atoms with Crippen LogP contribution in [0.3, 0.4) is 0 Å². The predicted molar refractivity (Wildman–Crippen MR) is 132 cm³/mol. The van der Waals surface area contributed by atoms with Crippen LogP contribution in [0.5, 0.6) is 0 Å². The molecule has 184 valence electrons. The fraction of sp³-hybridized carbons (Fsp3) is 0.778. The standard InChI is InChI=1S/C27H38Cl2O4/c1-5-6-7-10-33-15-22(31)24-16(2)11-18-19-13-21(28)20-12-17(30)8-9-26(20,4)27(19,29)23(32)14-25(18,24)3/h8-9,12,16,18-19,21,23-24,32H,5-7,10-11,13-15H2,1-4H3/t16?,18-,19-,21?,23?,24+,25-,26-,27-/m0/s1. The molecule has 6 heteroatoms. The summed E-state index contributed by atoms with van der Waals surface area (Å²) >= 11 is 14.3. The molecule has 0 aromatic heterocycles. The number of ketones is 2. The molecule has 3 unspecified atom stereocenters. The largest absolute Gasteiger partial charge is 0.391 e. The van der Waals surface area contributed by atoms with Gasteiger partial charge in [-0.1, -0.05) is 46.6 Å². The predicted octanol–water partition coefficient (Wildman–Crippen LogP) is 5.48. The van der Waals surface area contributed by atoms with Crippen LogP contribution in [0.2, 0.25) is 0 Å². The van der Waals surface area contributed by atoms with E-state index in [1.807, 2.05) is 13.0 Å². The molecule has 0 radical (unpaired) electrons. The molecule has 0 aromatic carbocycles. The number of halogens is 2. The third-order valence-corrected chi connectivity index (χ3v) is 10.8. The van der Waals surface area contributed by atoms with Gasteiger partial charge in [0.15, 0.2) is 11.6 Å². The van der Waals surface area contributed by atoms with E-state index in [1.165, 1.54) is 0 Å². The molecule has 0 aromatic rings. The minimum Gasteiger partial charge on any atom is -0.391 e. The fourth-order valence-corrected chi connectivity index (χ4v) is 8.95. The molecule has 4 aliphatic rings. The topological polar surface area (TPSA) is 63.6 Å². The fourth-order valence-electron chi connectivity index (χ4n) is 7.97. The average molecular weight is 498 g/mol. The Balaban J connectivity index is 1.62. The van der Waals surface area contributed by atoms with Crippen LogP contribution in [-0.2, 0) is 14.3 Å². The SMILES string of the molecule is CCCCCOCC(=O)[C@H]1C(C)C[C@H]2[C@@H]3CC(Cl)C4=CC(=O)C=C[C@]4(C)[C@@]3(Cl)C(O)C[C@]12C. The number of ether oxygens (including phenoxy) is 1. The number of unbranched alkanes of at least 4 members (excludes halogenated alkanes) is 2. The lowest BCUT2D eigenvalue weighted by atomic mass is 9.46. The number of aliphatic hydroxyl groups excluding tert-OH is 1. The zero-order valence-corrected chi connectivity index (χ0v) is 21.8. The summed E-state index contributed by atoms with van der Waals surface area (Å²) < 4.78 is 5.74. The maximum atomic E-state index is 13.4. The van der Waals surface area contributed by atoms with Crippen LogP contribution in [-0.4, -0.2) is 46.2 Å². The maximum Gasteiger partial charge on any atom is 0.178 e. The van der Waals surface area contributed by atoms with Gasteiger partial charge in [-0.2, -0.15) is 0 Å². The summed E-state index contributed by atoms with van der Waals surface area (Å²) in [6, 6.07) is 0. The molecule has 0 bridgehead atoms. The highest BCUT2D eigenvalue weighted by atomic mass is 35.5. The number of rotatable bonds is 7. The van der Waals surface area contributed by atoms with Gasteiger partial charge in [-0.25, -0.2) is 0 Å². The number of carbonyl (C=O) groups excluding carboxylic acids is 2. The molecular weight excluding hydrogens is 459 g/mol. The molecule has 3 saturated carbocycles. The van der Waals surface area contributed by atoms with Crippen LogP contribution in [0.1, 0.15) is 66.2 Å². The second-order valence-electron chi connectivity index (χ2n) is 11.4. The average Bonchev–Trinajstić information content (AvgIpc) is 3.01. The smallest absolute Gasteiger partial charge is 0.178 e. The molecule has 0 heterocycles. The molecule has 4 nitrogen and oxygen atoms in total. The first-order chi connectivity index (χ1) is 15.5. The van der Waals surface area contributed by atoms with E-state index in [9.17, 15) is 14.7 Å². The van der Waals surface area contributed by atoms with Crippen molar-refractivity contribution in [2.45, 2.75) is 82.6 Å². The van der Waals surface area contributed by atoms with E-state index < -0.39 is 16.4 Å². The van der Waals surface area contributed by atoms with Crippen LogP contribution in [0.25, 0.3) is 0 Å². The third-order valence-electron chi connectivity index (χ3n) is 9.45. The molecular formula is C27H38Cl2O4. The molecule has 0 amide bonds. The quantitative estimate of drug-likeness (QED) is 0.374. The lowest BCUT2D eigenvalue weighted by Gasteiger charge is -2.64. The highest BCUT2D eigenvalue weighted by Crippen LogP contribution is 2.70. The Morgan fingerprint density at radius 2 is 1.97 bits per heavy atom. The summed E-state index contributed by atoms with van der Waals surface area (Å²) in [5, 5.41) is 11.3. The van der Waals surface area contributed by atoms with Crippen molar-refractivity contribution in [2.75, 3.05) is 13.2 Å². The van der Waals surface area contributed by atoms with E-state index in [0.29, 0.717) is 19.4 Å². The molecule has 1 N–H and O–H groups in total. The van der Waals surface area contributed by atoms with Crippen LogP contribution >= 0.6 is 23.2 Å². The normalized spacial score (nSPS) is 46.4. The number of allylic oxidation sites excluding steroid dienone is 4. The first-order valence-corrected chi connectivity index (χ1v) is 13.4. The molecule has 0 aliphatic heterocycles. The van der Waals surface area contributed by atoms with Gasteiger partial charge in [-0.3, -0.25) is 9.59 Å². The van der Waals surface area contributed by atoms with E-state index in [0.717, 1.165) is 31.3 Å². The van der Waals surface area contributed by atoms with Gasteiger partial charge in [0.05, 0.1) is 16.4 Å². The Kier molecular flexibility index (Phi) is 6.99. The van der Waals surface area contributed by atoms with E-state index in [4.69, 9.17) is 27.9 Å². The highest BCUT2D eigenvalue weighted by molar-refractivity contribution is 6.28. The summed E-state index contributed by atoms with van der Waals surface area (Å²) in [5.74, 6) is 0.216. The monoisotopic (exact) mass is 496 g/mol. The molecule has 4 rings (SSSR count). The second kappa shape index (κ2) is 9.08. The molecule has 9 atom stereocenters. The maximum absolute atomic E-state index is 13.4. The van der Waals surface area contributed by atoms with E-state index in [1.54, 1.807) is 12.2 Å². The lowest BCUT2D eigenvalue weighted by Crippen LogP contribution is -2.67. The zero-order valence-electron chi connectivity index (χ0n) is 20.3. The number of carbonyl (C=O) groups is 2. The number of aliphatic hydroxyl groups is 1. The van der Waals surface area contributed by atoms with Crippen LogP contribution in [0, 0.1) is 34.5 Å². The van der Waals surface area contributed by atoms with Crippen molar-refractivity contribution < 1.29 is 19.4 Å². The van der Waals surface area contributed by atoms with Crippen LogP contribution in [0.15, 0.2) is 23.8 Å². The highest BCUT2D eigenvalue weighted by Gasteiger charge is 2.71. The Morgan fingerprint density at radius 3 is 2.67 bits per heavy atom. The van der Waals surface area contributed by atoms with Gasteiger partial charge in [-0.05, 0) is 66.6 Å². The Morgan fingerprint density at radius 1 is 1.24 bits per heavy atom. The minimum atomic E-state index is -0.958. The lowest BCUT2D eigenvalue weighted by molar-refractivity contribution is -0.140. The summed E-state index contributed by atoms with van der Waals surface area (Å²) in [6.45, 7) is 9.23. The van der Waals surface area contributed by atoms with Gasteiger partial charge < -0.3 is 9.84 Å². The van der Waals surface area contributed by atoms with Crippen molar-refractivity contribution >= 4 is 34.8 Å². The van der Waals surface area contributed by atoms with Crippen LogP contribution in [0.4, 0.5) is 0 Å². The number of alkyl halides is 2. The third kappa shape index (κ3) is 3.79. The van der Waals surface area contributed by atoms with Crippen LogP contribution < -0.4 is 0 Å². The number of fused-ring (bicyclic) bond motifs is 5. The summed E-state index contributed by atoms with van der Waals surface area (Å²) in [5.41, 5.74) is -0.245. The number of Topliss-reactive ketones (excluding diaryl/α,β-unsaturated/α-hetero) is 1. The molecule has 0 saturated heterocycles. The summed E-state index contributed by atoms with van der Waals surface area (Å²) in [7, 11) is 0. The van der Waals surface area contributed by atoms with E-state index >= 15 is 0 Å². The van der Waals surface area contributed by atoms with Gasteiger partial charge in [-0.15, -0.1) is 23.2 Å². The first-order valence-electron chi connectivity index (χ1n) is 12.6. The van der Waals surface area contributed by atoms with E-state index in [2.05, 4.69) is 20.8 Å². The van der Waals surface area contributed by atoms with Crippen molar-refractivity contribution in [1.29, 1.82) is 0 Å².